The molecule has 17 heavy (non-hydrogen) atoms. The summed E-state index contributed by atoms with van der Waals surface area (Å²) in [5.41, 5.74) is 0. The highest BCUT2D eigenvalue weighted by Crippen LogP contribution is 2.13. The van der Waals surface area contributed by atoms with Gasteiger partial charge in [-0.2, -0.15) is 4.98 Å². The van der Waals surface area contributed by atoms with Gasteiger partial charge in [0.1, 0.15) is 0 Å². The van der Waals surface area contributed by atoms with Gasteiger partial charge in [-0.1, -0.05) is 6.92 Å². The maximum atomic E-state index is 5.57. The van der Waals surface area contributed by atoms with E-state index < -0.39 is 0 Å². The Labute approximate surface area is 102 Å². The van der Waals surface area contributed by atoms with Crippen molar-refractivity contribution < 1.29 is 9.47 Å². The summed E-state index contributed by atoms with van der Waals surface area (Å²) in [6.45, 7) is 5.50. The molecule has 1 saturated heterocycles. The number of nitrogens with zero attached hydrogens (tertiary/aromatic N) is 2. The van der Waals surface area contributed by atoms with Gasteiger partial charge in [-0.05, 0) is 19.4 Å². The van der Waals surface area contributed by atoms with Crippen LogP contribution in [-0.4, -0.2) is 36.3 Å². The van der Waals surface area contributed by atoms with E-state index in [-0.39, 0.29) is 0 Å². The van der Waals surface area contributed by atoms with Gasteiger partial charge in [0.2, 0.25) is 5.88 Å². The monoisotopic (exact) mass is 237 g/mol. The van der Waals surface area contributed by atoms with E-state index in [0.717, 1.165) is 25.9 Å². The Morgan fingerprint density at radius 3 is 3.18 bits per heavy atom. The van der Waals surface area contributed by atoms with E-state index >= 15 is 0 Å². The molecule has 1 unspecified atom stereocenters. The zero-order chi connectivity index (χ0) is 11.9. The molecule has 0 spiro atoms. The molecule has 1 fully saturated rings. The lowest BCUT2D eigenvalue weighted by atomic mass is 10.1. The molecule has 2 heterocycles. The zero-order valence-corrected chi connectivity index (χ0v) is 10.2. The van der Waals surface area contributed by atoms with E-state index in [1.165, 1.54) is 0 Å². The molecule has 0 aromatic carbocycles. The van der Waals surface area contributed by atoms with Crippen molar-refractivity contribution in [3.05, 3.63) is 12.3 Å². The third-order valence-electron chi connectivity index (χ3n) is 2.67. The quantitative estimate of drug-likeness (QED) is 0.807. The van der Waals surface area contributed by atoms with Crippen molar-refractivity contribution in [2.75, 3.05) is 26.3 Å². The molecule has 1 N–H and O–H groups in total. The average Bonchev–Trinajstić information content (AvgIpc) is 2.87. The minimum absolute atomic E-state index is 0.408. The summed E-state index contributed by atoms with van der Waals surface area (Å²) in [7, 11) is 0. The van der Waals surface area contributed by atoms with Gasteiger partial charge in [0.25, 0.3) is 0 Å². The highest BCUT2D eigenvalue weighted by atomic mass is 16.5. The van der Waals surface area contributed by atoms with Crippen molar-refractivity contribution in [1.29, 1.82) is 0 Å². The Morgan fingerprint density at radius 1 is 1.47 bits per heavy atom. The molecule has 5 heteroatoms. The first kappa shape index (κ1) is 12.1. The van der Waals surface area contributed by atoms with Crippen LogP contribution >= 0.6 is 0 Å². The van der Waals surface area contributed by atoms with Gasteiger partial charge in [-0.25, -0.2) is 4.98 Å². The lowest BCUT2D eigenvalue weighted by molar-refractivity contribution is 0.233. The third kappa shape index (κ3) is 3.85. The first-order valence-electron chi connectivity index (χ1n) is 6.18. The van der Waals surface area contributed by atoms with E-state index in [4.69, 9.17) is 9.47 Å². The van der Waals surface area contributed by atoms with Gasteiger partial charge in [0.15, 0.2) is 0 Å². The molecular weight excluding hydrogens is 218 g/mol. The van der Waals surface area contributed by atoms with Gasteiger partial charge in [0, 0.05) is 24.7 Å². The SMILES string of the molecule is CCCOc1ccnc(OCC2CCNC2)n1. The lowest BCUT2D eigenvalue weighted by Gasteiger charge is -2.10. The largest absolute Gasteiger partial charge is 0.478 e. The molecule has 0 aliphatic carbocycles. The highest BCUT2D eigenvalue weighted by Gasteiger charge is 2.15. The van der Waals surface area contributed by atoms with Crippen LogP contribution < -0.4 is 14.8 Å². The molecule has 5 nitrogen and oxygen atoms in total. The van der Waals surface area contributed by atoms with Crippen LogP contribution in [0.2, 0.25) is 0 Å². The van der Waals surface area contributed by atoms with Crippen molar-refractivity contribution in [2.24, 2.45) is 5.92 Å². The Hall–Kier alpha value is -1.36. The number of hydrogen-bond donors (Lipinski definition) is 1. The number of rotatable bonds is 6. The van der Waals surface area contributed by atoms with Crippen LogP contribution in [0.4, 0.5) is 0 Å². The normalized spacial score (nSPS) is 19.2. The fourth-order valence-electron chi connectivity index (χ4n) is 1.73. The standard InChI is InChI=1S/C12H19N3O2/c1-2-7-16-11-4-6-14-12(15-11)17-9-10-3-5-13-8-10/h4,6,10,13H,2-3,5,7-9H2,1H3. The number of nitrogens with one attached hydrogen (secondary N) is 1. The summed E-state index contributed by atoms with van der Waals surface area (Å²) < 4.78 is 11.0. The first-order chi connectivity index (χ1) is 8.38. The number of hydrogen-bond acceptors (Lipinski definition) is 5. The van der Waals surface area contributed by atoms with Crippen molar-refractivity contribution in [3.8, 4) is 11.9 Å². The molecule has 2 rings (SSSR count). The highest BCUT2D eigenvalue weighted by molar-refractivity contribution is 5.11. The third-order valence-corrected chi connectivity index (χ3v) is 2.67. The average molecular weight is 237 g/mol. The van der Waals surface area contributed by atoms with Gasteiger partial charge < -0.3 is 14.8 Å². The molecule has 0 amide bonds. The van der Waals surface area contributed by atoms with Gasteiger partial charge in [-0.3, -0.25) is 0 Å². The second-order valence-electron chi connectivity index (χ2n) is 4.20. The second-order valence-corrected chi connectivity index (χ2v) is 4.20. The maximum absolute atomic E-state index is 5.57. The van der Waals surface area contributed by atoms with Crippen LogP contribution in [0, 0.1) is 5.92 Å². The Kier molecular flexibility index (Phi) is 4.55. The van der Waals surface area contributed by atoms with E-state index in [0.29, 0.717) is 31.0 Å². The minimum atomic E-state index is 0.408. The fourth-order valence-corrected chi connectivity index (χ4v) is 1.73. The van der Waals surface area contributed by atoms with Gasteiger partial charge in [-0.15, -0.1) is 0 Å². The van der Waals surface area contributed by atoms with Crippen molar-refractivity contribution in [3.63, 3.8) is 0 Å². The Bertz CT molecular complexity index is 340. The minimum Gasteiger partial charge on any atom is -0.478 e. The maximum Gasteiger partial charge on any atom is 0.319 e. The van der Waals surface area contributed by atoms with Crippen molar-refractivity contribution in [2.45, 2.75) is 19.8 Å². The molecule has 0 bridgehead atoms. The fraction of sp³-hybridized carbons (Fsp3) is 0.667. The molecule has 1 atom stereocenters. The van der Waals surface area contributed by atoms with E-state index in [9.17, 15) is 0 Å². The summed E-state index contributed by atoms with van der Waals surface area (Å²) >= 11 is 0. The summed E-state index contributed by atoms with van der Waals surface area (Å²) in [5, 5.41) is 3.30. The van der Waals surface area contributed by atoms with Crippen molar-refractivity contribution >= 4 is 0 Å². The zero-order valence-electron chi connectivity index (χ0n) is 10.2. The lowest BCUT2D eigenvalue weighted by Crippen LogP contribution is -2.16. The van der Waals surface area contributed by atoms with E-state index in [1.54, 1.807) is 12.3 Å². The van der Waals surface area contributed by atoms with E-state index in [1.807, 2.05) is 0 Å². The topological polar surface area (TPSA) is 56.3 Å². The van der Waals surface area contributed by atoms with Crippen LogP contribution in [0.1, 0.15) is 19.8 Å². The summed E-state index contributed by atoms with van der Waals surface area (Å²) in [5.74, 6) is 1.15. The summed E-state index contributed by atoms with van der Waals surface area (Å²) in [4.78, 5) is 8.27. The van der Waals surface area contributed by atoms with Crippen LogP contribution in [0.5, 0.6) is 11.9 Å². The predicted octanol–water partition coefficient (Wildman–Crippen LogP) is 1.25. The smallest absolute Gasteiger partial charge is 0.319 e. The molecule has 1 aromatic rings. The van der Waals surface area contributed by atoms with Gasteiger partial charge in [0.05, 0.1) is 13.2 Å². The van der Waals surface area contributed by atoms with Crippen LogP contribution in [-0.2, 0) is 0 Å². The predicted molar refractivity (Wildman–Crippen MR) is 64.3 cm³/mol. The molecule has 1 aromatic heterocycles. The Morgan fingerprint density at radius 2 is 2.41 bits per heavy atom. The Balaban J connectivity index is 1.82. The molecule has 94 valence electrons. The summed E-state index contributed by atoms with van der Waals surface area (Å²) in [6, 6.07) is 2.16. The number of ether oxygens (including phenoxy) is 2. The van der Waals surface area contributed by atoms with Crippen molar-refractivity contribution in [1.82, 2.24) is 15.3 Å². The van der Waals surface area contributed by atoms with Gasteiger partial charge >= 0.3 is 6.01 Å². The molecular formula is C12H19N3O2. The van der Waals surface area contributed by atoms with E-state index in [2.05, 4.69) is 22.2 Å². The van der Waals surface area contributed by atoms with Crippen LogP contribution in [0.25, 0.3) is 0 Å². The summed E-state index contributed by atoms with van der Waals surface area (Å²) in [6.07, 6.45) is 3.79. The molecule has 0 radical (unpaired) electrons. The molecule has 1 aliphatic heterocycles. The molecule has 1 aliphatic rings. The second kappa shape index (κ2) is 6.39. The number of aromatic nitrogens is 2. The van der Waals surface area contributed by atoms with Crippen LogP contribution in [0.15, 0.2) is 12.3 Å². The molecule has 0 saturated carbocycles. The van der Waals surface area contributed by atoms with Crippen LogP contribution in [0.3, 0.4) is 0 Å². The first-order valence-corrected chi connectivity index (χ1v) is 6.18.